The van der Waals surface area contributed by atoms with Gasteiger partial charge >= 0.3 is 6.03 Å². The van der Waals surface area contributed by atoms with Gasteiger partial charge in [-0.25, -0.2) is 4.79 Å². The molecule has 18 heavy (non-hydrogen) atoms. The Morgan fingerprint density at radius 1 is 1.11 bits per heavy atom. The molecule has 1 aliphatic rings. The highest BCUT2D eigenvalue weighted by atomic mass is 16.2. The lowest BCUT2D eigenvalue weighted by Crippen LogP contribution is -2.40. The molecule has 0 aliphatic carbocycles. The minimum Gasteiger partial charge on any atom is -0.399 e. The summed E-state index contributed by atoms with van der Waals surface area (Å²) in [6.07, 6.45) is 4.72. The predicted octanol–water partition coefficient (Wildman–Crippen LogP) is 2.35. The van der Waals surface area contributed by atoms with Crippen molar-refractivity contribution in [2.45, 2.75) is 32.2 Å². The standard InChI is InChI=1S/C14H21N3O/c15-13-7-5-12(6-8-13)11-16-14(18)17-9-3-1-2-4-10-17/h5-8H,1-4,9-11,15H2,(H,16,18). The topological polar surface area (TPSA) is 58.4 Å². The first-order valence-corrected chi connectivity index (χ1v) is 6.63. The Kier molecular flexibility index (Phi) is 4.45. The van der Waals surface area contributed by atoms with Crippen molar-refractivity contribution in [1.82, 2.24) is 10.2 Å². The van der Waals surface area contributed by atoms with Crippen LogP contribution in [0.25, 0.3) is 0 Å². The third kappa shape index (κ3) is 3.65. The van der Waals surface area contributed by atoms with Crippen LogP contribution in [0.1, 0.15) is 31.2 Å². The molecule has 0 unspecified atom stereocenters. The third-order valence-corrected chi connectivity index (χ3v) is 3.32. The molecule has 1 aromatic rings. The Morgan fingerprint density at radius 2 is 1.72 bits per heavy atom. The van der Waals surface area contributed by atoms with Gasteiger partial charge in [-0.05, 0) is 30.5 Å². The van der Waals surface area contributed by atoms with E-state index in [0.29, 0.717) is 6.54 Å². The summed E-state index contributed by atoms with van der Waals surface area (Å²) in [5.41, 5.74) is 7.45. The highest BCUT2D eigenvalue weighted by molar-refractivity contribution is 5.74. The van der Waals surface area contributed by atoms with Crippen molar-refractivity contribution in [3.63, 3.8) is 0 Å². The van der Waals surface area contributed by atoms with Crippen LogP contribution in [-0.2, 0) is 6.54 Å². The van der Waals surface area contributed by atoms with Crippen molar-refractivity contribution in [3.8, 4) is 0 Å². The van der Waals surface area contributed by atoms with Gasteiger partial charge in [0.25, 0.3) is 0 Å². The molecule has 1 aliphatic heterocycles. The number of nitrogens with zero attached hydrogens (tertiary/aromatic N) is 1. The highest BCUT2D eigenvalue weighted by Crippen LogP contribution is 2.10. The van der Waals surface area contributed by atoms with Gasteiger partial charge < -0.3 is 16.0 Å². The van der Waals surface area contributed by atoms with E-state index in [-0.39, 0.29) is 6.03 Å². The average molecular weight is 247 g/mol. The molecule has 4 nitrogen and oxygen atoms in total. The smallest absolute Gasteiger partial charge is 0.317 e. The SMILES string of the molecule is Nc1ccc(CNC(=O)N2CCCCCC2)cc1. The average Bonchev–Trinajstić information content (AvgIpc) is 2.66. The molecule has 1 heterocycles. The molecule has 0 saturated carbocycles. The fourth-order valence-electron chi connectivity index (χ4n) is 2.20. The third-order valence-electron chi connectivity index (χ3n) is 3.32. The zero-order valence-corrected chi connectivity index (χ0v) is 10.7. The highest BCUT2D eigenvalue weighted by Gasteiger charge is 2.14. The normalized spacial score (nSPS) is 16.1. The fraction of sp³-hybridized carbons (Fsp3) is 0.500. The van der Waals surface area contributed by atoms with E-state index in [1.165, 1.54) is 12.8 Å². The zero-order valence-electron chi connectivity index (χ0n) is 10.7. The molecule has 3 N–H and O–H groups in total. The second kappa shape index (κ2) is 6.28. The molecule has 0 bridgehead atoms. The number of hydrogen-bond acceptors (Lipinski definition) is 2. The molecule has 2 rings (SSSR count). The second-order valence-corrected chi connectivity index (χ2v) is 4.80. The quantitative estimate of drug-likeness (QED) is 0.788. The summed E-state index contributed by atoms with van der Waals surface area (Å²) in [6.45, 7) is 2.33. The van der Waals surface area contributed by atoms with Gasteiger partial charge in [-0.3, -0.25) is 0 Å². The van der Waals surface area contributed by atoms with Crippen LogP contribution in [0.5, 0.6) is 0 Å². The van der Waals surface area contributed by atoms with Crippen LogP contribution in [0.4, 0.5) is 10.5 Å². The maximum absolute atomic E-state index is 12.0. The molecule has 1 aromatic carbocycles. The first-order chi connectivity index (χ1) is 8.75. The molecule has 1 saturated heterocycles. The zero-order chi connectivity index (χ0) is 12.8. The molecule has 0 aromatic heterocycles. The summed E-state index contributed by atoms with van der Waals surface area (Å²) >= 11 is 0. The minimum absolute atomic E-state index is 0.0497. The number of nitrogens with two attached hydrogens (primary N) is 1. The lowest BCUT2D eigenvalue weighted by molar-refractivity contribution is 0.199. The number of rotatable bonds is 2. The fourth-order valence-corrected chi connectivity index (χ4v) is 2.20. The van der Waals surface area contributed by atoms with Crippen molar-refractivity contribution in [3.05, 3.63) is 29.8 Å². The van der Waals surface area contributed by atoms with Crippen LogP contribution in [0.3, 0.4) is 0 Å². The number of urea groups is 1. The van der Waals surface area contributed by atoms with Gasteiger partial charge in [-0.2, -0.15) is 0 Å². The molecular weight excluding hydrogens is 226 g/mol. The molecule has 1 fully saturated rings. The van der Waals surface area contributed by atoms with E-state index in [0.717, 1.165) is 37.2 Å². The first kappa shape index (κ1) is 12.7. The molecule has 98 valence electrons. The predicted molar refractivity (Wildman–Crippen MR) is 73.1 cm³/mol. The number of likely N-dealkylation sites (tertiary alicyclic amines) is 1. The summed E-state index contributed by atoms with van der Waals surface area (Å²) in [4.78, 5) is 13.9. The van der Waals surface area contributed by atoms with Crippen LogP contribution in [0.15, 0.2) is 24.3 Å². The number of nitrogen functional groups attached to an aromatic ring is 1. The number of amides is 2. The van der Waals surface area contributed by atoms with Gasteiger partial charge in [0, 0.05) is 25.3 Å². The van der Waals surface area contributed by atoms with E-state index in [4.69, 9.17) is 5.73 Å². The number of carbonyl (C=O) groups excluding carboxylic acids is 1. The second-order valence-electron chi connectivity index (χ2n) is 4.80. The largest absolute Gasteiger partial charge is 0.399 e. The summed E-state index contributed by atoms with van der Waals surface area (Å²) in [7, 11) is 0. The van der Waals surface area contributed by atoms with Crippen molar-refractivity contribution >= 4 is 11.7 Å². The number of hydrogen-bond donors (Lipinski definition) is 2. The van der Waals surface area contributed by atoms with E-state index in [1.54, 1.807) is 0 Å². The van der Waals surface area contributed by atoms with Crippen molar-refractivity contribution < 1.29 is 4.79 Å². The van der Waals surface area contributed by atoms with Crippen LogP contribution < -0.4 is 11.1 Å². The van der Waals surface area contributed by atoms with E-state index in [9.17, 15) is 4.79 Å². The monoisotopic (exact) mass is 247 g/mol. The van der Waals surface area contributed by atoms with E-state index >= 15 is 0 Å². The van der Waals surface area contributed by atoms with Gasteiger partial charge in [-0.15, -0.1) is 0 Å². The van der Waals surface area contributed by atoms with Gasteiger partial charge in [0.15, 0.2) is 0 Å². The van der Waals surface area contributed by atoms with Gasteiger partial charge in [0.1, 0.15) is 0 Å². The maximum Gasteiger partial charge on any atom is 0.317 e. The van der Waals surface area contributed by atoms with Crippen molar-refractivity contribution in [2.75, 3.05) is 18.8 Å². The Labute approximate surface area is 108 Å². The molecule has 4 heteroatoms. The molecular formula is C14H21N3O. The molecule has 2 amide bonds. The Bertz CT molecular complexity index is 381. The minimum atomic E-state index is 0.0497. The van der Waals surface area contributed by atoms with Gasteiger partial charge in [-0.1, -0.05) is 25.0 Å². The number of nitrogens with one attached hydrogen (secondary N) is 1. The summed E-state index contributed by atoms with van der Waals surface area (Å²) in [5, 5.41) is 2.96. The molecule has 0 atom stereocenters. The Morgan fingerprint density at radius 3 is 2.33 bits per heavy atom. The maximum atomic E-state index is 12.0. The lowest BCUT2D eigenvalue weighted by atomic mass is 10.2. The summed E-state index contributed by atoms with van der Waals surface area (Å²) < 4.78 is 0. The van der Waals surface area contributed by atoms with Crippen LogP contribution in [-0.4, -0.2) is 24.0 Å². The Hall–Kier alpha value is -1.71. The van der Waals surface area contributed by atoms with Crippen molar-refractivity contribution in [2.24, 2.45) is 0 Å². The lowest BCUT2D eigenvalue weighted by Gasteiger charge is -2.20. The number of carbonyl (C=O) groups is 1. The van der Waals surface area contributed by atoms with Crippen molar-refractivity contribution in [1.29, 1.82) is 0 Å². The van der Waals surface area contributed by atoms with Gasteiger partial charge in [0.05, 0.1) is 0 Å². The molecule has 0 spiro atoms. The molecule has 0 radical (unpaired) electrons. The summed E-state index contributed by atoms with van der Waals surface area (Å²) in [5.74, 6) is 0. The number of anilines is 1. The Balaban J connectivity index is 1.81. The summed E-state index contributed by atoms with van der Waals surface area (Å²) in [6, 6.07) is 7.64. The van der Waals surface area contributed by atoms with Crippen LogP contribution >= 0.6 is 0 Å². The van der Waals surface area contributed by atoms with Crippen LogP contribution in [0, 0.1) is 0 Å². The number of benzene rings is 1. The first-order valence-electron chi connectivity index (χ1n) is 6.63. The van der Waals surface area contributed by atoms with E-state index in [1.807, 2.05) is 29.2 Å². The van der Waals surface area contributed by atoms with E-state index in [2.05, 4.69) is 5.32 Å². The van der Waals surface area contributed by atoms with Crippen LogP contribution in [0.2, 0.25) is 0 Å². The van der Waals surface area contributed by atoms with E-state index < -0.39 is 0 Å². The van der Waals surface area contributed by atoms with Gasteiger partial charge in [0.2, 0.25) is 0 Å².